The van der Waals surface area contributed by atoms with Crippen LogP contribution in [-0.4, -0.2) is 119 Å². The van der Waals surface area contributed by atoms with Crippen molar-refractivity contribution in [3.8, 4) is 0 Å². The molecule has 27 heavy (non-hydrogen) atoms. The minimum atomic E-state index is -0.519. The number of carbonyl (C=O) groups is 2. The Morgan fingerprint density at radius 2 is 1.33 bits per heavy atom. The van der Waals surface area contributed by atoms with Crippen LogP contribution >= 0.6 is 0 Å². The molecule has 0 saturated carbocycles. The van der Waals surface area contributed by atoms with Crippen molar-refractivity contribution in [2.75, 3.05) is 93.8 Å². The fraction of sp³-hybridized carbons (Fsp3) is 0.900. The minimum Gasteiger partial charge on any atom is -0.465 e. The van der Waals surface area contributed by atoms with Crippen LogP contribution in [0.15, 0.2) is 0 Å². The van der Waals surface area contributed by atoms with E-state index in [0.717, 1.165) is 13.0 Å². The van der Waals surface area contributed by atoms with Gasteiger partial charge in [-0.2, -0.15) is 0 Å². The lowest BCUT2D eigenvalue weighted by Crippen LogP contribution is -2.73. The van der Waals surface area contributed by atoms with E-state index in [1.165, 1.54) is 54.8 Å². The summed E-state index contributed by atoms with van der Waals surface area (Å²) in [5, 5.41) is 0. The Morgan fingerprint density at radius 1 is 0.852 bits per heavy atom. The molecule has 3 aliphatic rings. The zero-order valence-corrected chi connectivity index (χ0v) is 18.5. The highest BCUT2D eigenvalue weighted by atomic mass is 16.6. The van der Waals surface area contributed by atoms with Crippen LogP contribution < -0.4 is 0 Å². The highest BCUT2D eigenvalue weighted by Crippen LogP contribution is 2.23. The third kappa shape index (κ3) is 9.04. The topological polar surface area (TPSA) is 52.6 Å². The molecule has 0 radical (unpaired) electrons. The van der Waals surface area contributed by atoms with Gasteiger partial charge in [0.05, 0.1) is 41.3 Å². The van der Waals surface area contributed by atoms with Crippen molar-refractivity contribution < 1.29 is 32.5 Å². The number of carbonyl (C=O) groups excluding carboxylic acids is 2. The largest absolute Gasteiger partial charge is 0.465 e. The number of hydrogen-bond acceptors (Lipinski definition) is 4. The van der Waals surface area contributed by atoms with E-state index in [9.17, 15) is 9.59 Å². The Hall–Kier alpha value is -1.18. The highest BCUT2D eigenvalue weighted by Gasteiger charge is 2.45. The number of fused-ring (bicyclic) bond motifs is 3. The zero-order chi connectivity index (χ0) is 20.6. The zero-order valence-electron chi connectivity index (χ0n) is 18.5. The Labute approximate surface area is 165 Å². The number of likely N-dealkylation sites (N-methyl/N-ethyl adjacent to an activating group) is 3. The minimum absolute atomic E-state index is 0.295. The number of nitrogens with zero attached hydrogens (tertiary/aromatic N) is 3. The van der Waals surface area contributed by atoms with Crippen LogP contribution in [0.5, 0.6) is 0 Å². The normalized spacial score (nSPS) is 26.7. The van der Waals surface area contributed by atoms with Gasteiger partial charge in [-0.3, -0.25) is 9.59 Å². The van der Waals surface area contributed by atoms with Gasteiger partial charge < -0.3 is 22.9 Å². The second-order valence-electron chi connectivity index (χ2n) is 9.25. The smallest absolute Gasteiger partial charge is 0.317 e. The SMILES string of the molecule is CCCOC(=O)CC(=O)OCC[N+](C)(C)C.CC[N+]12CC[N+](C)(CC1)CC2. The number of quaternary nitrogens is 3. The van der Waals surface area contributed by atoms with Gasteiger partial charge in [0.2, 0.25) is 0 Å². The molecule has 0 spiro atoms. The van der Waals surface area contributed by atoms with E-state index in [2.05, 4.69) is 14.0 Å². The molecular weight excluding hydrogens is 346 g/mol. The number of esters is 2. The molecule has 0 aromatic rings. The second-order valence-corrected chi connectivity index (χ2v) is 9.25. The first-order valence-corrected chi connectivity index (χ1v) is 10.3. The van der Waals surface area contributed by atoms with E-state index in [-0.39, 0.29) is 6.42 Å². The fourth-order valence-electron chi connectivity index (χ4n) is 3.37. The maximum atomic E-state index is 11.2. The van der Waals surface area contributed by atoms with Gasteiger partial charge in [-0.05, 0) is 13.3 Å². The second kappa shape index (κ2) is 10.4. The van der Waals surface area contributed by atoms with Gasteiger partial charge in [0, 0.05) is 0 Å². The quantitative estimate of drug-likeness (QED) is 0.352. The molecule has 0 atom stereocenters. The van der Waals surface area contributed by atoms with Crippen molar-refractivity contribution in [1.82, 2.24) is 0 Å². The van der Waals surface area contributed by atoms with Crippen LogP contribution in [0.3, 0.4) is 0 Å². The Balaban J connectivity index is 0.000000285. The van der Waals surface area contributed by atoms with Gasteiger partial charge in [-0.25, -0.2) is 0 Å². The van der Waals surface area contributed by atoms with Crippen molar-refractivity contribution >= 4 is 11.9 Å². The number of ether oxygens (including phenoxy) is 2. The molecule has 0 aromatic heterocycles. The number of rotatable bonds is 8. The molecule has 7 nitrogen and oxygen atoms in total. The molecule has 0 N–H and O–H groups in total. The van der Waals surface area contributed by atoms with Crippen molar-refractivity contribution in [3.05, 3.63) is 0 Å². The Kier molecular flexibility index (Phi) is 9.18. The first-order valence-electron chi connectivity index (χ1n) is 10.3. The Bertz CT molecular complexity index is 464. The van der Waals surface area contributed by atoms with Gasteiger partial charge in [-0.15, -0.1) is 0 Å². The summed E-state index contributed by atoms with van der Waals surface area (Å²) in [6.07, 6.45) is 0.458. The predicted molar refractivity (Wildman–Crippen MR) is 106 cm³/mol. The van der Waals surface area contributed by atoms with Crippen LogP contribution in [0.4, 0.5) is 0 Å². The van der Waals surface area contributed by atoms with Crippen molar-refractivity contribution in [2.24, 2.45) is 0 Å². The van der Waals surface area contributed by atoms with E-state index in [1.54, 1.807) is 0 Å². The molecule has 3 rings (SSSR count). The fourth-order valence-corrected chi connectivity index (χ4v) is 3.37. The molecule has 3 saturated heterocycles. The van der Waals surface area contributed by atoms with E-state index < -0.39 is 11.9 Å². The van der Waals surface area contributed by atoms with Crippen LogP contribution in [0.1, 0.15) is 26.7 Å². The maximum absolute atomic E-state index is 11.2. The molecule has 0 unspecified atom stereocenters. The summed E-state index contributed by atoms with van der Waals surface area (Å²) in [5.74, 6) is -1.04. The third-order valence-electron chi connectivity index (χ3n) is 5.79. The van der Waals surface area contributed by atoms with Gasteiger partial charge >= 0.3 is 11.9 Å². The molecule has 3 aliphatic heterocycles. The summed E-state index contributed by atoms with van der Waals surface area (Å²) >= 11 is 0. The third-order valence-corrected chi connectivity index (χ3v) is 5.79. The summed E-state index contributed by atoms with van der Waals surface area (Å²) in [6.45, 7) is 15.6. The molecule has 0 amide bonds. The average Bonchev–Trinajstić information content (AvgIpc) is 2.60. The Morgan fingerprint density at radius 3 is 1.74 bits per heavy atom. The van der Waals surface area contributed by atoms with Crippen LogP contribution in [-0.2, 0) is 19.1 Å². The first kappa shape index (κ1) is 23.9. The van der Waals surface area contributed by atoms with Gasteiger partial charge in [0.1, 0.15) is 58.8 Å². The lowest BCUT2D eigenvalue weighted by atomic mass is 10.1. The average molecular weight is 389 g/mol. The van der Waals surface area contributed by atoms with Gasteiger partial charge in [-0.1, -0.05) is 6.92 Å². The maximum Gasteiger partial charge on any atom is 0.317 e. The molecule has 7 heteroatoms. The lowest BCUT2D eigenvalue weighted by molar-refractivity contribution is -1.07. The number of hydrogen-bond donors (Lipinski definition) is 0. The monoisotopic (exact) mass is 388 g/mol. The van der Waals surface area contributed by atoms with Crippen LogP contribution in [0, 0.1) is 0 Å². The van der Waals surface area contributed by atoms with Crippen molar-refractivity contribution in [2.45, 2.75) is 26.7 Å². The van der Waals surface area contributed by atoms with E-state index in [0.29, 0.717) is 17.7 Å². The molecule has 2 bridgehead atoms. The van der Waals surface area contributed by atoms with Gasteiger partial charge in [0.15, 0.2) is 0 Å². The molecule has 0 aliphatic carbocycles. The summed E-state index contributed by atoms with van der Waals surface area (Å²) in [4.78, 5) is 22.2. The predicted octanol–water partition coefficient (Wildman–Crippen LogP) is 0.876. The van der Waals surface area contributed by atoms with Crippen LogP contribution in [0.2, 0.25) is 0 Å². The molecular formula is C20H42N3O4+3. The first-order chi connectivity index (χ1) is 12.5. The standard InChI is InChI=1S/C11H22NO4.C9H20N2/c1-5-7-15-10(13)9-11(14)16-8-6-12(2,3)4;1-3-11-7-4-10(2,5-8-11)6-9-11/h5-9H2,1-4H3;3-9H2,1-2H3/q+1;+2. The number of piperazine rings is 3. The van der Waals surface area contributed by atoms with Gasteiger partial charge in [0.25, 0.3) is 0 Å². The molecule has 0 aromatic carbocycles. The lowest BCUT2D eigenvalue weighted by Gasteiger charge is -2.53. The van der Waals surface area contributed by atoms with E-state index >= 15 is 0 Å². The summed E-state index contributed by atoms with van der Waals surface area (Å²) in [5.41, 5.74) is 0. The molecule has 158 valence electrons. The van der Waals surface area contributed by atoms with Crippen molar-refractivity contribution in [1.29, 1.82) is 0 Å². The van der Waals surface area contributed by atoms with E-state index in [1.807, 2.05) is 28.1 Å². The summed E-state index contributed by atoms with van der Waals surface area (Å²) in [6, 6.07) is 0. The molecule has 3 heterocycles. The summed E-state index contributed by atoms with van der Waals surface area (Å²) < 4.78 is 13.2. The summed E-state index contributed by atoms with van der Waals surface area (Å²) in [7, 11) is 8.43. The molecule has 3 fully saturated rings. The van der Waals surface area contributed by atoms with Crippen molar-refractivity contribution in [3.63, 3.8) is 0 Å². The van der Waals surface area contributed by atoms with E-state index in [4.69, 9.17) is 9.47 Å². The van der Waals surface area contributed by atoms with Crippen LogP contribution in [0.25, 0.3) is 0 Å². The highest BCUT2D eigenvalue weighted by molar-refractivity contribution is 5.91.